The Bertz CT molecular complexity index is 519. The molecule has 3 heteroatoms. The fourth-order valence-electron chi connectivity index (χ4n) is 2.38. The number of hydrogen-bond acceptors (Lipinski definition) is 2. The minimum Gasteiger partial charge on any atom is -0.396 e. The van der Waals surface area contributed by atoms with E-state index in [1.807, 2.05) is 24.1 Å². The average molecular weight is 258 g/mol. The lowest BCUT2D eigenvalue weighted by atomic mass is 9.92. The lowest BCUT2D eigenvalue weighted by molar-refractivity contribution is 0.218. The molecule has 0 saturated carbocycles. The van der Waals surface area contributed by atoms with Crippen LogP contribution in [0.15, 0.2) is 36.7 Å². The standard InChI is InChI=1S/C16H22N2O/c1-13-5-3-4-6-16(13)9-14(12-19)7-8-15-10-17-18(2)11-15/h3-6,10-11,14,19H,7-9,12H2,1-2H3. The molecule has 3 nitrogen and oxygen atoms in total. The second-order valence-electron chi connectivity index (χ2n) is 5.24. The average Bonchev–Trinajstić information content (AvgIpc) is 2.82. The van der Waals surface area contributed by atoms with E-state index in [1.165, 1.54) is 16.7 Å². The van der Waals surface area contributed by atoms with Crippen LogP contribution in [0.5, 0.6) is 0 Å². The summed E-state index contributed by atoms with van der Waals surface area (Å²) in [4.78, 5) is 0. The maximum atomic E-state index is 9.54. The first-order valence-electron chi connectivity index (χ1n) is 6.82. The zero-order valence-electron chi connectivity index (χ0n) is 11.7. The molecule has 0 saturated heterocycles. The summed E-state index contributed by atoms with van der Waals surface area (Å²) in [6, 6.07) is 8.41. The molecule has 102 valence electrons. The number of aryl methyl sites for hydroxylation is 3. The zero-order valence-corrected chi connectivity index (χ0v) is 11.7. The van der Waals surface area contributed by atoms with Crippen molar-refractivity contribution < 1.29 is 5.11 Å². The van der Waals surface area contributed by atoms with Gasteiger partial charge in [0.1, 0.15) is 0 Å². The maximum Gasteiger partial charge on any atom is 0.0521 e. The Morgan fingerprint density at radius 3 is 2.74 bits per heavy atom. The van der Waals surface area contributed by atoms with E-state index in [2.05, 4.69) is 36.3 Å². The van der Waals surface area contributed by atoms with Gasteiger partial charge >= 0.3 is 0 Å². The molecular formula is C16H22N2O. The summed E-state index contributed by atoms with van der Waals surface area (Å²) in [7, 11) is 1.93. The number of hydrogen-bond donors (Lipinski definition) is 1. The van der Waals surface area contributed by atoms with Gasteiger partial charge in [-0.25, -0.2) is 0 Å². The summed E-state index contributed by atoms with van der Waals surface area (Å²) in [5.41, 5.74) is 3.89. The summed E-state index contributed by atoms with van der Waals surface area (Å²) in [5.74, 6) is 0.321. The van der Waals surface area contributed by atoms with Crippen molar-refractivity contribution in [3.63, 3.8) is 0 Å². The highest BCUT2D eigenvalue weighted by Crippen LogP contribution is 2.17. The predicted octanol–water partition coefficient (Wildman–Crippen LogP) is 2.51. The lowest BCUT2D eigenvalue weighted by Gasteiger charge is -2.15. The maximum absolute atomic E-state index is 9.54. The van der Waals surface area contributed by atoms with E-state index in [1.54, 1.807) is 0 Å². The summed E-state index contributed by atoms with van der Waals surface area (Å²) in [5, 5.41) is 13.7. The van der Waals surface area contributed by atoms with Gasteiger partial charge in [0.15, 0.2) is 0 Å². The van der Waals surface area contributed by atoms with Gasteiger partial charge in [0, 0.05) is 19.9 Å². The topological polar surface area (TPSA) is 38.1 Å². The van der Waals surface area contributed by atoms with Crippen LogP contribution in [0.25, 0.3) is 0 Å². The van der Waals surface area contributed by atoms with Crippen LogP contribution in [-0.2, 0) is 19.9 Å². The minimum absolute atomic E-state index is 0.245. The second kappa shape index (κ2) is 6.53. The number of aromatic nitrogens is 2. The molecule has 19 heavy (non-hydrogen) atoms. The highest BCUT2D eigenvalue weighted by Gasteiger charge is 2.10. The van der Waals surface area contributed by atoms with Crippen molar-refractivity contribution in [1.82, 2.24) is 9.78 Å². The van der Waals surface area contributed by atoms with Gasteiger partial charge in [0.2, 0.25) is 0 Å². The lowest BCUT2D eigenvalue weighted by Crippen LogP contribution is -2.11. The molecule has 0 amide bonds. The fraction of sp³-hybridized carbons (Fsp3) is 0.438. The number of nitrogens with zero attached hydrogens (tertiary/aromatic N) is 2. The Labute approximate surface area is 114 Å². The van der Waals surface area contributed by atoms with Crippen LogP contribution < -0.4 is 0 Å². The molecule has 1 aromatic carbocycles. The molecule has 0 bridgehead atoms. The Balaban J connectivity index is 1.92. The molecular weight excluding hydrogens is 236 g/mol. The third-order valence-corrected chi connectivity index (χ3v) is 3.63. The van der Waals surface area contributed by atoms with E-state index < -0.39 is 0 Å². The molecule has 2 rings (SSSR count). The Kier molecular flexibility index (Phi) is 4.74. The van der Waals surface area contributed by atoms with Crippen molar-refractivity contribution in [3.05, 3.63) is 53.3 Å². The predicted molar refractivity (Wildman–Crippen MR) is 77.0 cm³/mol. The van der Waals surface area contributed by atoms with E-state index >= 15 is 0 Å². The van der Waals surface area contributed by atoms with Gasteiger partial charge in [-0.1, -0.05) is 24.3 Å². The number of rotatable bonds is 6. The van der Waals surface area contributed by atoms with Gasteiger partial charge in [-0.05, 0) is 48.8 Å². The molecule has 1 heterocycles. The SMILES string of the molecule is Cc1ccccc1CC(CO)CCc1cnn(C)c1. The first-order valence-corrected chi connectivity index (χ1v) is 6.82. The summed E-state index contributed by atoms with van der Waals surface area (Å²) in [6.07, 6.45) is 6.87. The van der Waals surface area contributed by atoms with Crippen LogP contribution in [0.2, 0.25) is 0 Å². The third-order valence-electron chi connectivity index (χ3n) is 3.63. The molecule has 1 aromatic heterocycles. The molecule has 0 fully saturated rings. The van der Waals surface area contributed by atoms with Gasteiger partial charge in [-0.3, -0.25) is 4.68 Å². The van der Waals surface area contributed by atoms with Crippen molar-refractivity contribution in [3.8, 4) is 0 Å². The first kappa shape index (κ1) is 13.8. The molecule has 2 aromatic rings. The number of aliphatic hydroxyl groups is 1. The summed E-state index contributed by atoms with van der Waals surface area (Å²) < 4.78 is 1.82. The highest BCUT2D eigenvalue weighted by atomic mass is 16.3. The molecule has 0 aliphatic heterocycles. The van der Waals surface area contributed by atoms with E-state index in [0.717, 1.165) is 19.3 Å². The van der Waals surface area contributed by atoms with Crippen LogP contribution in [-0.4, -0.2) is 21.5 Å². The largest absolute Gasteiger partial charge is 0.396 e. The molecule has 0 aliphatic carbocycles. The molecule has 1 unspecified atom stereocenters. The zero-order chi connectivity index (χ0) is 13.7. The van der Waals surface area contributed by atoms with Crippen molar-refractivity contribution in [2.75, 3.05) is 6.61 Å². The fourth-order valence-corrected chi connectivity index (χ4v) is 2.38. The van der Waals surface area contributed by atoms with Crippen LogP contribution in [0, 0.1) is 12.8 Å². The monoisotopic (exact) mass is 258 g/mol. The van der Waals surface area contributed by atoms with Gasteiger partial charge in [-0.15, -0.1) is 0 Å². The first-order chi connectivity index (χ1) is 9.19. The van der Waals surface area contributed by atoms with Crippen molar-refractivity contribution >= 4 is 0 Å². The molecule has 0 spiro atoms. The quantitative estimate of drug-likeness (QED) is 0.864. The van der Waals surface area contributed by atoms with Gasteiger partial charge in [0.25, 0.3) is 0 Å². The van der Waals surface area contributed by atoms with E-state index in [4.69, 9.17) is 0 Å². The number of aliphatic hydroxyl groups excluding tert-OH is 1. The Hall–Kier alpha value is -1.61. The van der Waals surface area contributed by atoms with Gasteiger partial charge < -0.3 is 5.11 Å². The van der Waals surface area contributed by atoms with Crippen molar-refractivity contribution in [2.45, 2.75) is 26.2 Å². The van der Waals surface area contributed by atoms with Crippen molar-refractivity contribution in [1.29, 1.82) is 0 Å². The smallest absolute Gasteiger partial charge is 0.0521 e. The Morgan fingerprint density at radius 1 is 1.32 bits per heavy atom. The molecule has 1 N–H and O–H groups in total. The van der Waals surface area contributed by atoms with Crippen LogP contribution in [0.3, 0.4) is 0 Å². The van der Waals surface area contributed by atoms with E-state index in [9.17, 15) is 5.11 Å². The molecule has 0 radical (unpaired) electrons. The van der Waals surface area contributed by atoms with Crippen LogP contribution in [0.4, 0.5) is 0 Å². The summed E-state index contributed by atoms with van der Waals surface area (Å²) in [6.45, 7) is 2.37. The highest BCUT2D eigenvalue weighted by molar-refractivity contribution is 5.26. The van der Waals surface area contributed by atoms with Crippen LogP contribution in [0.1, 0.15) is 23.1 Å². The summed E-state index contributed by atoms with van der Waals surface area (Å²) >= 11 is 0. The number of benzene rings is 1. The van der Waals surface area contributed by atoms with Gasteiger partial charge in [-0.2, -0.15) is 5.10 Å². The molecule has 1 atom stereocenters. The Morgan fingerprint density at radius 2 is 2.11 bits per heavy atom. The van der Waals surface area contributed by atoms with E-state index in [-0.39, 0.29) is 6.61 Å². The van der Waals surface area contributed by atoms with Crippen molar-refractivity contribution in [2.24, 2.45) is 13.0 Å². The third kappa shape index (κ3) is 3.93. The normalized spacial score (nSPS) is 12.6. The van der Waals surface area contributed by atoms with Crippen LogP contribution >= 0.6 is 0 Å². The van der Waals surface area contributed by atoms with Gasteiger partial charge in [0.05, 0.1) is 6.20 Å². The minimum atomic E-state index is 0.245. The van der Waals surface area contributed by atoms with E-state index in [0.29, 0.717) is 5.92 Å². The second-order valence-corrected chi connectivity index (χ2v) is 5.24. The molecule has 0 aliphatic rings.